The Bertz CT molecular complexity index is 1190. The minimum absolute atomic E-state index is 0.0926. The minimum atomic E-state index is -1.07. The lowest BCUT2D eigenvalue weighted by Gasteiger charge is -2.25. The van der Waals surface area contributed by atoms with Gasteiger partial charge in [-0.15, -0.1) is 0 Å². The van der Waals surface area contributed by atoms with E-state index in [1.807, 2.05) is 60.7 Å². The Hall–Kier alpha value is -4.49. The molecule has 0 saturated heterocycles. The molecular formula is C30H45N9O4. The summed E-state index contributed by atoms with van der Waals surface area (Å²) >= 11 is 0. The van der Waals surface area contributed by atoms with Gasteiger partial charge in [-0.1, -0.05) is 60.7 Å². The standard InChI is InChI=1S/C30H45N9O4/c31-16-8-7-14-23(26(33)40)37-29(43)25(19-21-12-5-2-6-13-21)39-28(42)24(15-9-17-36-30(34)35)38-27(41)22(32)18-20-10-3-1-4-11-20/h1-6,10-13,22-25H,7-9,14-19,31-32H2,(H2,33,40)(H,37,43)(H,38,41)(H,39,42)(H4,34,35,36). The topological polar surface area (TPSA) is 247 Å². The van der Waals surface area contributed by atoms with Crippen molar-refractivity contribution in [2.75, 3.05) is 13.1 Å². The van der Waals surface area contributed by atoms with Crippen molar-refractivity contribution >= 4 is 29.6 Å². The van der Waals surface area contributed by atoms with E-state index in [1.165, 1.54) is 0 Å². The zero-order chi connectivity index (χ0) is 31.6. The summed E-state index contributed by atoms with van der Waals surface area (Å²) < 4.78 is 0. The maximum Gasteiger partial charge on any atom is 0.243 e. The molecule has 0 heterocycles. The molecule has 4 unspecified atom stereocenters. The minimum Gasteiger partial charge on any atom is -0.370 e. The van der Waals surface area contributed by atoms with Crippen molar-refractivity contribution in [2.24, 2.45) is 33.7 Å². The normalized spacial score (nSPS) is 13.5. The molecule has 0 aromatic heterocycles. The Morgan fingerprint density at radius 2 is 1.16 bits per heavy atom. The van der Waals surface area contributed by atoms with Crippen LogP contribution in [0.3, 0.4) is 0 Å². The molecular weight excluding hydrogens is 550 g/mol. The smallest absolute Gasteiger partial charge is 0.243 e. The van der Waals surface area contributed by atoms with E-state index in [2.05, 4.69) is 20.9 Å². The lowest BCUT2D eigenvalue weighted by molar-refractivity contribution is -0.133. The zero-order valence-corrected chi connectivity index (χ0v) is 24.4. The summed E-state index contributed by atoms with van der Waals surface area (Å²) in [5, 5.41) is 8.15. The van der Waals surface area contributed by atoms with Crippen molar-refractivity contribution in [3.05, 3.63) is 71.8 Å². The SMILES string of the molecule is NCCCCC(NC(=O)C(Cc1ccccc1)NC(=O)C(CCCN=C(N)N)NC(=O)C(N)Cc1ccccc1)C(N)=O. The zero-order valence-electron chi connectivity index (χ0n) is 24.4. The lowest BCUT2D eigenvalue weighted by atomic mass is 10.0. The number of rotatable bonds is 19. The van der Waals surface area contributed by atoms with E-state index in [1.54, 1.807) is 0 Å². The predicted molar refractivity (Wildman–Crippen MR) is 166 cm³/mol. The van der Waals surface area contributed by atoms with Gasteiger partial charge in [0.25, 0.3) is 0 Å². The molecule has 4 atom stereocenters. The number of benzene rings is 2. The van der Waals surface area contributed by atoms with Gasteiger partial charge < -0.3 is 44.6 Å². The summed E-state index contributed by atoms with van der Waals surface area (Å²) in [5.74, 6) is -2.49. The second kappa shape index (κ2) is 18.8. The predicted octanol–water partition coefficient (Wildman–Crippen LogP) is -1.08. The highest BCUT2D eigenvalue weighted by Gasteiger charge is 2.30. The monoisotopic (exact) mass is 595 g/mol. The van der Waals surface area contributed by atoms with Crippen LogP contribution in [0, 0.1) is 0 Å². The van der Waals surface area contributed by atoms with Gasteiger partial charge in [-0.3, -0.25) is 24.2 Å². The first-order valence-electron chi connectivity index (χ1n) is 14.4. The molecule has 0 aliphatic carbocycles. The summed E-state index contributed by atoms with van der Waals surface area (Å²) in [6.45, 7) is 0.673. The van der Waals surface area contributed by atoms with E-state index in [-0.39, 0.29) is 31.8 Å². The quantitative estimate of drug-likeness (QED) is 0.0562. The van der Waals surface area contributed by atoms with E-state index in [0.29, 0.717) is 32.2 Å². The van der Waals surface area contributed by atoms with Crippen molar-refractivity contribution in [1.29, 1.82) is 0 Å². The number of nitrogens with one attached hydrogen (secondary N) is 3. The van der Waals surface area contributed by atoms with Crippen molar-refractivity contribution in [3.8, 4) is 0 Å². The van der Waals surface area contributed by atoms with Gasteiger partial charge in [0.2, 0.25) is 23.6 Å². The van der Waals surface area contributed by atoms with E-state index in [4.69, 9.17) is 28.7 Å². The second-order valence-corrected chi connectivity index (χ2v) is 10.3. The van der Waals surface area contributed by atoms with Crippen LogP contribution in [0.25, 0.3) is 0 Å². The van der Waals surface area contributed by atoms with E-state index in [0.717, 1.165) is 11.1 Å². The molecule has 0 radical (unpaired) electrons. The number of hydrogen-bond acceptors (Lipinski definition) is 7. The Morgan fingerprint density at radius 1 is 0.651 bits per heavy atom. The first-order valence-corrected chi connectivity index (χ1v) is 14.4. The van der Waals surface area contributed by atoms with Crippen LogP contribution >= 0.6 is 0 Å². The molecule has 0 spiro atoms. The largest absolute Gasteiger partial charge is 0.370 e. The van der Waals surface area contributed by atoms with Crippen LogP contribution in [0.5, 0.6) is 0 Å². The highest BCUT2D eigenvalue weighted by molar-refractivity contribution is 5.94. The Morgan fingerprint density at radius 3 is 1.72 bits per heavy atom. The van der Waals surface area contributed by atoms with Gasteiger partial charge in [0.1, 0.15) is 18.1 Å². The molecule has 0 aliphatic rings. The fraction of sp³-hybridized carbons (Fsp3) is 0.433. The summed E-state index contributed by atoms with van der Waals surface area (Å²) in [5.41, 5.74) is 29.7. The molecule has 13 N–H and O–H groups in total. The molecule has 0 bridgehead atoms. The number of nitrogens with zero attached hydrogens (tertiary/aromatic N) is 1. The first kappa shape index (κ1) is 34.7. The maximum absolute atomic E-state index is 13.6. The third-order valence-electron chi connectivity index (χ3n) is 6.74. The Labute approximate surface area is 252 Å². The van der Waals surface area contributed by atoms with Crippen molar-refractivity contribution in [2.45, 2.75) is 69.1 Å². The molecule has 2 aromatic rings. The molecule has 43 heavy (non-hydrogen) atoms. The van der Waals surface area contributed by atoms with Gasteiger partial charge in [-0.05, 0) is 56.2 Å². The molecule has 4 amide bonds. The van der Waals surface area contributed by atoms with Crippen LogP contribution < -0.4 is 44.6 Å². The van der Waals surface area contributed by atoms with Crippen molar-refractivity contribution < 1.29 is 19.2 Å². The third kappa shape index (κ3) is 13.4. The fourth-order valence-electron chi connectivity index (χ4n) is 4.39. The molecule has 0 saturated carbocycles. The highest BCUT2D eigenvalue weighted by atomic mass is 16.2. The highest BCUT2D eigenvalue weighted by Crippen LogP contribution is 2.09. The number of amides is 4. The Balaban J connectivity index is 2.22. The van der Waals surface area contributed by atoms with Crippen LogP contribution in [0.2, 0.25) is 0 Å². The van der Waals surface area contributed by atoms with Crippen molar-refractivity contribution in [1.82, 2.24) is 16.0 Å². The first-order chi connectivity index (χ1) is 20.6. The van der Waals surface area contributed by atoms with Gasteiger partial charge in [0.15, 0.2) is 5.96 Å². The van der Waals surface area contributed by atoms with Crippen molar-refractivity contribution in [3.63, 3.8) is 0 Å². The number of unbranched alkanes of at least 4 members (excludes halogenated alkanes) is 1. The van der Waals surface area contributed by atoms with Gasteiger partial charge >= 0.3 is 0 Å². The molecule has 0 aliphatic heterocycles. The average Bonchev–Trinajstić information content (AvgIpc) is 2.98. The van der Waals surface area contributed by atoms with E-state index in [9.17, 15) is 19.2 Å². The van der Waals surface area contributed by atoms with Crippen LogP contribution in [-0.4, -0.2) is 66.8 Å². The molecule has 13 heteroatoms. The van der Waals surface area contributed by atoms with E-state index >= 15 is 0 Å². The average molecular weight is 596 g/mol. The summed E-state index contributed by atoms with van der Waals surface area (Å²) in [6.07, 6.45) is 2.51. The number of primary amides is 1. The number of hydrogen-bond donors (Lipinski definition) is 8. The summed E-state index contributed by atoms with van der Waals surface area (Å²) in [6, 6.07) is 14.4. The van der Waals surface area contributed by atoms with Crippen LogP contribution in [-0.2, 0) is 32.0 Å². The molecule has 13 nitrogen and oxygen atoms in total. The molecule has 2 aromatic carbocycles. The number of aliphatic imine (C=N–C) groups is 1. The number of carbonyl (C=O) groups excluding carboxylic acids is 4. The third-order valence-corrected chi connectivity index (χ3v) is 6.74. The second-order valence-electron chi connectivity index (χ2n) is 10.3. The number of carbonyl (C=O) groups is 4. The fourth-order valence-corrected chi connectivity index (χ4v) is 4.39. The summed E-state index contributed by atoms with van der Waals surface area (Å²) in [4.78, 5) is 56.0. The molecule has 2 rings (SSSR count). The van der Waals surface area contributed by atoms with Crippen LogP contribution in [0.15, 0.2) is 65.7 Å². The lowest BCUT2D eigenvalue weighted by Crippen LogP contribution is -2.58. The van der Waals surface area contributed by atoms with Crippen LogP contribution in [0.4, 0.5) is 0 Å². The van der Waals surface area contributed by atoms with Gasteiger partial charge in [0.05, 0.1) is 6.04 Å². The molecule has 0 fully saturated rings. The number of guanidine groups is 1. The molecule has 234 valence electrons. The van der Waals surface area contributed by atoms with Crippen LogP contribution in [0.1, 0.15) is 43.2 Å². The number of nitrogens with two attached hydrogens (primary N) is 5. The van der Waals surface area contributed by atoms with E-state index < -0.39 is 47.8 Å². The maximum atomic E-state index is 13.6. The Kier molecular flexibility index (Phi) is 15.2. The van der Waals surface area contributed by atoms with Gasteiger partial charge in [-0.2, -0.15) is 0 Å². The van der Waals surface area contributed by atoms with Gasteiger partial charge in [0, 0.05) is 13.0 Å². The van der Waals surface area contributed by atoms with Gasteiger partial charge in [-0.25, -0.2) is 0 Å². The summed E-state index contributed by atoms with van der Waals surface area (Å²) in [7, 11) is 0.